The second-order valence-electron chi connectivity index (χ2n) is 8.00. The van der Waals surface area contributed by atoms with Gasteiger partial charge in [-0.1, -0.05) is 19.3 Å². The second kappa shape index (κ2) is 7.68. The number of rotatable bonds is 5. The summed E-state index contributed by atoms with van der Waals surface area (Å²) in [5.74, 6) is 0.607. The van der Waals surface area contributed by atoms with Crippen LogP contribution in [0.3, 0.4) is 0 Å². The van der Waals surface area contributed by atoms with Crippen molar-refractivity contribution in [2.24, 2.45) is 5.92 Å². The molecule has 146 valence electrons. The van der Waals surface area contributed by atoms with E-state index in [-0.39, 0.29) is 5.91 Å². The number of carbonyl (C=O) groups is 1. The summed E-state index contributed by atoms with van der Waals surface area (Å²) < 4.78 is 7.61. The number of amides is 1. The molecule has 1 aliphatic heterocycles. The Morgan fingerprint density at radius 3 is 2.82 bits per heavy atom. The minimum Gasteiger partial charge on any atom is -0.381 e. The molecular weight excluding hydrogens is 370 g/mol. The Labute approximate surface area is 168 Å². The van der Waals surface area contributed by atoms with Gasteiger partial charge in [0.15, 0.2) is 0 Å². The molecule has 1 N–H and O–H groups in total. The second-order valence-corrected chi connectivity index (χ2v) is 8.89. The fraction of sp³-hybridized carbons (Fsp3) is 0.455. The van der Waals surface area contributed by atoms with E-state index in [4.69, 9.17) is 4.74 Å². The molecule has 3 aromatic rings. The van der Waals surface area contributed by atoms with Crippen molar-refractivity contribution in [2.75, 3.05) is 13.2 Å². The number of nitrogens with zero attached hydrogens (tertiary/aromatic N) is 2. The lowest BCUT2D eigenvalue weighted by Crippen LogP contribution is -2.36. The molecule has 0 bridgehead atoms. The molecule has 2 fully saturated rings. The van der Waals surface area contributed by atoms with Crippen molar-refractivity contribution >= 4 is 28.1 Å². The van der Waals surface area contributed by atoms with Gasteiger partial charge in [0.05, 0.1) is 23.6 Å². The van der Waals surface area contributed by atoms with E-state index < -0.39 is 0 Å². The maximum absolute atomic E-state index is 13.2. The summed E-state index contributed by atoms with van der Waals surface area (Å²) in [6, 6.07) is 6.61. The van der Waals surface area contributed by atoms with Crippen LogP contribution < -0.4 is 5.32 Å². The first kappa shape index (κ1) is 17.9. The maximum Gasteiger partial charge on any atom is 0.252 e. The molecule has 2 aromatic heterocycles. The van der Waals surface area contributed by atoms with Gasteiger partial charge in [0, 0.05) is 47.4 Å². The Morgan fingerprint density at radius 2 is 2.11 bits per heavy atom. The van der Waals surface area contributed by atoms with Gasteiger partial charge in [-0.3, -0.25) is 9.78 Å². The van der Waals surface area contributed by atoms with Crippen LogP contribution in [0.4, 0.5) is 0 Å². The van der Waals surface area contributed by atoms with Gasteiger partial charge in [-0.15, -0.1) is 11.3 Å². The van der Waals surface area contributed by atoms with E-state index in [2.05, 4.69) is 33.2 Å². The van der Waals surface area contributed by atoms with Crippen LogP contribution in [0.5, 0.6) is 0 Å². The highest BCUT2D eigenvalue weighted by Gasteiger charge is 2.23. The van der Waals surface area contributed by atoms with Gasteiger partial charge < -0.3 is 14.6 Å². The van der Waals surface area contributed by atoms with E-state index in [1.807, 2.05) is 17.8 Å². The monoisotopic (exact) mass is 395 g/mol. The number of hydrogen-bond acceptors (Lipinski definition) is 4. The highest BCUT2D eigenvalue weighted by atomic mass is 32.1. The number of ether oxygens (including phenoxy) is 1. The molecule has 1 aromatic carbocycles. The zero-order valence-corrected chi connectivity index (χ0v) is 16.7. The molecule has 1 aliphatic carbocycles. The zero-order chi connectivity index (χ0) is 18.9. The fourth-order valence-corrected chi connectivity index (χ4v) is 4.93. The van der Waals surface area contributed by atoms with Gasteiger partial charge in [-0.2, -0.15) is 0 Å². The minimum atomic E-state index is 0.0491. The fourth-order valence-electron chi connectivity index (χ4n) is 4.32. The number of benzene rings is 1. The SMILES string of the molecule is O=C(NC1CCCCC1)c1cc(-c2cncs2)cc2c1ccn2CC1COC1. The normalized spacial score (nSPS) is 18.3. The molecule has 0 unspecified atom stereocenters. The molecule has 3 heterocycles. The lowest BCUT2D eigenvalue weighted by atomic mass is 9.95. The third-order valence-electron chi connectivity index (χ3n) is 5.95. The lowest BCUT2D eigenvalue weighted by Gasteiger charge is -2.26. The molecule has 2 aliphatic rings. The van der Waals surface area contributed by atoms with Crippen molar-refractivity contribution in [3.05, 3.63) is 41.7 Å². The van der Waals surface area contributed by atoms with Crippen LogP contribution >= 0.6 is 11.3 Å². The topological polar surface area (TPSA) is 56.2 Å². The average molecular weight is 396 g/mol. The van der Waals surface area contributed by atoms with E-state index >= 15 is 0 Å². The summed E-state index contributed by atoms with van der Waals surface area (Å²) in [6.45, 7) is 2.58. The predicted molar refractivity (Wildman–Crippen MR) is 112 cm³/mol. The van der Waals surface area contributed by atoms with Crippen molar-refractivity contribution in [1.29, 1.82) is 0 Å². The quantitative estimate of drug-likeness (QED) is 0.693. The highest BCUT2D eigenvalue weighted by Crippen LogP contribution is 2.32. The Balaban J connectivity index is 1.53. The van der Waals surface area contributed by atoms with E-state index in [1.165, 1.54) is 19.3 Å². The van der Waals surface area contributed by atoms with Gasteiger partial charge in [-0.05, 0) is 36.6 Å². The average Bonchev–Trinajstić information content (AvgIpc) is 3.35. The molecule has 0 radical (unpaired) electrons. The number of carbonyl (C=O) groups excluding carboxylic acids is 1. The highest BCUT2D eigenvalue weighted by molar-refractivity contribution is 7.13. The van der Waals surface area contributed by atoms with E-state index in [0.717, 1.165) is 59.5 Å². The van der Waals surface area contributed by atoms with Gasteiger partial charge in [0.2, 0.25) is 0 Å². The van der Waals surface area contributed by atoms with Gasteiger partial charge >= 0.3 is 0 Å². The summed E-state index contributed by atoms with van der Waals surface area (Å²) in [7, 11) is 0. The zero-order valence-electron chi connectivity index (χ0n) is 15.9. The molecule has 1 amide bonds. The number of nitrogens with one attached hydrogen (secondary N) is 1. The van der Waals surface area contributed by atoms with Crippen LogP contribution in [-0.2, 0) is 11.3 Å². The molecule has 1 saturated heterocycles. The first-order valence-electron chi connectivity index (χ1n) is 10.2. The summed E-state index contributed by atoms with van der Waals surface area (Å²) in [6.07, 6.45) is 9.87. The Kier molecular flexibility index (Phi) is 4.91. The molecule has 28 heavy (non-hydrogen) atoms. The summed E-state index contributed by atoms with van der Waals surface area (Å²) >= 11 is 1.61. The van der Waals surface area contributed by atoms with Crippen molar-refractivity contribution in [3.8, 4) is 10.4 Å². The number of aromatic nitrogens is 2. The molecular formula is C22H25N3O2S. The molecule has 0 spiro atoms. The lowest BCUT2D eigenvalue weighted by molar-refractivity contribution is -0.0388. The number of thiazole rings is 1. The molecule has 1 saturated carbocycles. The van der Waals surface area contributed by atoms with E-state index in [1.54, 1.807) is 11.3 Å². The van der Waals surface area contributed by atoms with Gasteiger partial charge in [0.1, 0.15) is 0 Å². The first-order chi connectivity index (χ1) is 13.8. The van der Waals surface area contributed by atoms with Crippen LogP contribution in [0.25, 0.3) is 21.3 Å². The van der Waals surface area contributed by atoms with E-state index in [9.17, 15) is 4.79 Å². The Hall–Kier alpha value is -2.18. The van der Waals surface area contributed by atoms with Gasteiger partial charge in [-0.25, -0.2) is 0 Å². The molecule has 6 heteroatoms. The third kappa shape index (κ3) is 3.47. The van der Waals surface area contributed by atoms with Crippen molar-refractivity contribution in [2.45, 2.75) is 44.7 Å². The summed E-state index contributed by atoms with van der Waals surface area (Å²) in [5, 5.41) is 4.32. The number of hydrogen-bond donors (Lipinski definition) is 1. The van der Waals surface area contributed by atoms with Crippen LogP contribution in [0.2, 0.25) is 0 Å². The van der Waals surface area contributed by atoms with Crippen molar-refractivity contribution < 1.29 is 9.53 Å². The largest absolute Gasteiger partial charge is 0.381 e. The van der Waals surface area contributed by atoms with Crippen LogP contribution in [0.1, 0.15) is 42.5 Å². The van der Waals surface area contributed by atoms with Crippen LogP contribution in [0.15, 0.2) is 36.1 Å². The maximum atomic E-state index is 13.2. The third-order valence-corrected chi connectivity index (χ3v) is 6.77. The Bertz CT molecular complexity index is 969. The minimum absolute atomic E-state index is 0.0491. The van der Waals surface area contributed by atoms with Crippen LogP contribution in [-0.4, -0.2) is 34.7 Å². The smallest absolute Gasteiger partial charge is 0.252 e. The molecule has 0 atom stereocenters. The molecule has 5 nitrogen and oxygen atoms in total. The first-order valence-corrected chi connectivity index (χ1v) is 11.1. The van der Waals surface area contributed by atoms with Crippen molar-refractivity contribution in [3.63, 3.8) is 0 Å². The van der Waals surface area contributed by atoms with Crippen LogP contribution in [0, 0.1) is 5.92 Å². The summed E-state index contributed by atoms with van der Waals surface area (Å²) in [5.41, 5.74) is 4.79. The standard InChI is InChI=1S/C22H25N3O2S/c26-22(24-17-4-2-1-3-5-17)19-8-16(21-10-23-14-28-21)9-20-18(19)6-7-25(20)11-15-12-27-13-15/h6-10,14-15,17H,1-5,11-13H2,(H,24,26). The summed E-state index contributed by atoms with van der Waals surface area (Å²) in [4.78, 5) is 18.5. The molecule has 5 rings (SSSR count). The van der Waals surface area contributed by atoms with Crippen molar-refractivity contribution in [1.82, 2.24) is 14.9 Å². The predicted octanol–water partition coefficient (Wildman–Crippen LogP) is 4.47. The number of fused-ring (bicyclic) bond motifs is 1. The van der Waals surface area contributed by atoms with E-state index in [0.29, 0.717) is 12.0 Å². The van der Waals surface area contributed by atoms with Gasteiger partial charge in [0.25, 0.3) is 5.91 Å². The Morgan fingerprint density at radius 1 is 1.25 bits per heavy atom.